The average molecular weight is 288 g/mol. The van der Waals surface area contributed by atoms with E-state index in [0.29, 0.717) is 5.41 Å². The minimum atomic E-state index is 0.0955. The minimum absolute atomic E-state index is 0.0955. The Bertz CT molecular complexity index is 430. The molecular weight excluding hydrogens is 256 g/mol. The molecule has 1 aliphatic rings. The molecule has 2 nitrogen and oxygen atoms in total. The Hall–Kier alpha value is -0.860. The Morgan fingerprint density at radius 2 is 1.76 bits per heavy atom. The number of hydrogen-bond acceptors (Lipinski definition) is 2. The molecule has 118 valence electrons. The maximum atomic E-state index is 6.54. The van der Waals surface area contributed by atoms with E-state index in [4.69, 9.17) is 5.73 Å². The molecule has 1 saturated heterocycles. The summed E-state index contributed by atoms with van der Waals surface area (Å²) < 4.78 is 0. The molecule has 0 aliphatic carbocycles. The van der Waals surface area contributed by atoms with Crippen LogP contribution in [0.3, 0.4) is 0 Å². The molecular formula is C19H32N2. The van der Waals surface area contributed by atoms with Crippen molar-refractivity contribution in [3.8, 4) is 0 Å². The summed E-state index contributed by atoms with van der Waals surface area (Å²) in [6, 6.07) is 10.6. The maximum Gasteiger partial charge on any atom is 0.0359 e. The summed E-state index contributed by atoms with van der Waals surface area (Å²) >= 11 is 0. The molecule has 1 aromatic carbocycles. The summed E-state index contributed by atoms with van der Waals surface area (Å²) in [4.78, 5) is 2.61. The molecule has 0 spiro atoms. The first kappa shape index (κ1) is 16.5. The van der Waals surface area contributed by atoms with Crippen molar-refractivity contribution >= 4 is 0 Å². The van der Waals surface area contributed by atoms with E-state index in [2.05, 4.69) is 62.9 Å². The van der Waals surface area contributed by atoms with Crippen LogP contribution in [0.4, 0.5) is 0 Å². The normalized spacial score (nSPS) is 21.2. The second-order valence-electron chi connectivity index (χ2n) is 7.82. The van der Waals surface area contributed by atoms with Gasteiger partial charge in [-0.1, -0.05) is 64.4 Å². The van der Waals surface area contributed by atoms with Gasteiger partial charge in [0.1, 0.15) is 0 Å². The Morgan fingerprint density at radius 1 is 1.19 bits per heavy atom. The molecule has 1 atom stereocenters. The molecule has 1 aliphatic heterocycles. The standard InChI is InChI=1S/C19H32N2/c1-5-19(4)11-13-21(14-12-19)15-18(2,3)17(20)16-9-7-6-8-10-16/h6-10,17H,5,11-15,20H2,1-4H3. The molecule has 0 saturated carbocycles. The zero-order valence-corrected chi connectivity index (χ0v) is 14.2. The number of rotatable bonds is 5. The van der Waals surface area contributed by atoms with Crippen LogP contribution in [0.1, 0.15) is 58.6 Å². The van der Waals surface area contributed by atoms with Crippen LogP contribution in [-0.2, 0) is 0 Å². The van der Waals surface area contributed by atoms with Crippen molar-refractivity contribution in [2.75, 3.05) is 19.6 Å². The molecule has 1 fully saturated rings. The maximum absolute atomic E-state index is 6.54. The molecule has 2 rings (SSSR count). The van der Waals surface area contributed by atoms with Gasteiger partial charge in [0, 0.05) is 12.6 Å². The fraction of sp³-hybridized carbons (Fsp3) is 0.684. The highest BCUT2D eigenvalue weighted by molar-refractivity contribution is 5.20. The Morgan fingerprint density at radius 3 is 2.29 bits per heavy atom. The number of benzene rings is 1. The van der Waals surface area contributed by atoms with Crippen LogP contribution in [0.2, 0.25) is 0 Å². The first-order chi connectivity index (χ1) is 9.86. The van der Waals surface area contributed by atoms with Crippen LogP contribution in [0.15, 0.2) is 30.3 Å². The lowest BCUT2D eigenvalue weighted by Gasteiger charge is -2.43. The monoisotopic (exact) mass is 288 g/mol. The van der Waals surface area contributed by atoms with Gasteiger partial charge in [0.25, 0.3) is 0 Å². The third-order valence-electron chi connectivity index (χ3n) is 5.55. The molecule has 21 heavy (non-hydrogen) atoms. The van der Waals surface area contributed by atoms with Crippen molar-refractivity contribution in [3.05, 3.63) is 35.9 Å². The van der Waals surface area contributed by atoms with Crippen LogP contribution in [0.5, 0.6) is 0 Å². The lowest BCUT2D eigenvalue weighted by Crippen LogP contribution is -2.45. The van der Waals surface area contributed by atoms with Crippen LogP contribution < -0.4 is 5.73 Å². The molecule has 0 radical (unpaired) electrons. The molecule has 1 heterocycles. The topological polar surface area (TPSA) is 29.3 Å². The van der Waals surface area contributed by atoms with Crippen LogP contribution in [0.25, 0.3) is 0 Å². The highest BCUT2D eigenvalue weighted by atomic mass is 15.1. The lowest BCUT2D eigenvalue weighted by molar-refractivity contribution is 0.0739. The number of likely N-dealkylation sites (tertiary alicyclic amines) is 1. The summed E-state index contributed by atoms with van der Waals surface area (Å²) in [7, 11) is 0. The number of nitrogens with two attached hydrogens (primary N) is 1. The van der Waals surface area contributed by atoms with Gasteiger partial charge in [-0.05, 0) is 42.3 Å². The van der Waals surface area contributed by atoms with E-state index >= 15 is 0 Å². The zero-order valence-electron chi connectivity index (χ0n) is 14.2. The van der Waals surface area contributed by atoms with Crippen LogP contribution in [0, 0.1) is 10.8 Å². The second-order valence-corrected chi connectivity index (χ2v) is 7.82. The first-order valence-corrected chi connectivity index (χ1v) is 8.39. The summed E-state index contributed by atoms with van der Waals surface area (Å²) in [5.74, 6) is 0. The molecule has 0 bridgehead atoms. The minimum Gasteiger partial charge on any atom is -0.323 e. The largest absolute Gasteiger partial charge is 0.323 e. The van der Waals surface area contributed by atoms with Gasteiger partial charge >= 0.3 is 0 Å². The van der Waals surface area contributed by atoms with E-state index in [1.54, 1.807) is 0 Å². The van der Waals surface area contributed by atoms with Gasteiger partial charge < -0.3 is 10.6 Å². The van der Waals surface area contributed by atoms with Crippen molar-refractivity contribution in [2.24, 2.45) is 16.6 Å². The smallest absolute Gasteiger partial charge is 0.0359 e. The van der Waals surface area contributed by atoms with Crippen molar-refractivity contribution in [1.82, 2.24) is 4.90 Å². The predicted molar refractivity (Wildman–Crippen MR) is 91.2 cm³/mol. The fourth-order valence-electron chi connectivity index (χ4n) is 3.39. The Labute approximate surface area is 130 Å². The van der Waals surface area contributed by atoms with Gasteiger partial charge in [-0.25, -0.2) is 0 Å². The number of hydrogen-bond donors (Lipinski definition) is 1. The van der Waals surface area contributed by atoms with Crippen molar-refractivity contribution in [2.45, 2.75) is 53.0 Å². The van der Waals surface area contributed by atoms with Crippen molar-refractivity contribution in [1.29, 1.82) is 0 Å². The lowest BCUT2D eigenvalue weighted by atomic mass is 9.76. The summed E-state index contributed by atoms with van der Waals surface area (Å²) in [5, 5.41) is 0. The fourth-order valence-corrected chi connectivity index (χ4v) is 3.39. The van der Waals surface area contributed by atoms with E-state index in [1.165, 1.54) is 37.9 Å². The van der Waals surface area contributed by atoms with Gasteiger partial charge in [-0.3, -0.25) is 0 Å². The molecule has 0 amide bonds. The van der Waals surface area contributed by atoms with E-state index in [0.717, 1.165) is 6.54 Å². The average Bonchev–Trinajstić information content (AvgIpc) is 2.50. The molecule has 2 N–H and O–H groups in total. The SMILES string of the molecule is CCC1(C)CCN(CC(C)(C)C(N)c2ccccc2)CC1. The summed E-state index contributed by atoms with van der Waals surface area (Å²) in [6.07, 6.45) is 3.94. The van der Waals surface area contributed by atoms with E-state index in [1.807, 2.05) is 0 Å². The van der Waals surface area contributed by atoms with Gasteiger partial charge in [0.15, 0.2) is 0 Å². The third-order valence-corrected chi connectivity index (χ3v) is 5.55. The highest BCUT2D eigenvalue weighted by Crippen LogP contribution is 2.37. The van der Waals surface area contributed by atoms with Gasteiger partial charge in [0.05, 0.1) is 0 Å². The quantitative estimate of drug-likeness (QED) is 0.878. The number of nitrogens with zero attached hydrogens (tertiary/aromatic N) is 1. The first-order valence-electron chi connectivity index (χ1n) is 8.39. The summed E-state index contributed by atoms with van der Waals surface area (Å²) in [6.45, 7) is 12.9. The highest BCUT2D eigenvalue weighted by Gasteiger charge is 2.34. The van der Waals surface area contributed by atoms with Crippen LogP contribution >= 0.6 is 0 Å². The van der Waals surface area contributed by atoms with E-state index < -0.39 is 0 Å². The third kappa shape index (κ3) is 4.08. The summed E-state index contributed by atoms with van der Waals surface area (Å²) in [5.41, 5.74) is 8.45. The zero-order chi connectivity index (χ0) is 15.5. The van der Waals surface area contributed by atoms with E-state index in [-0.39, 0.29) is 11.5 Å². The molecule has 0 aromatic heterocycles. The van der Waals surface area contributed by atoms with Crippen LogP contribution in [-0.4, -0.2) is 24.5 Å². The number of piperidine rings is 1. The Balaban J connectivity index is 1.95. The van der Waals surface area contributed by atoms with Gasteiger partial charge in [-0.15, -0.1) is 0 Å². The molecule has 1 unspecified atom stereocenters. The Kier molecular flexibility index (Phi) is 5.11. The van der Waals surface area contributed by atoms with Gasteiger partial charge in [-0.2, -0.15) is 0 Å². The van der Waals surface area contributed by atoms with E-state index in [9.17, 15) is 0 Å². The van der Waals surface area contributed by atoms with Gasteiger partial charge in [0.2, 0.25) is 0 Å². The van der Waals surface area contributed by atoms with Crippen molar-refractivity contribution < 1.29 is 0 Å². The van der Waals surface area contributed by atoms with Crippen molar-refractivity contribution in [3.63, 3.8) is 0 Å². The molecule has 2 heteroatoms. The second kappa shape index (κ2) is 6.50. The predicted octanol–water partition coefficient (Wildman–Crippen LogP) is 4.22. The molecule has 1 aromatic rings.